The van der Waals surface area contributed by atoms with Crippen LogP contribution in [0.25, 0.3) is 0 Å². The highest BCUT2D eigenvalue weighted by molar-refractivity contribution is 7.89. The van der Waals surface area contributed by atoms with Gasteiger partial charge in [-0.05, 0) is 62.0 Å². The van der Waals surface area contributed by atoms with Gasteiger partial charge in [0.1, 0.15) is 10.9 Å². The molecule has 12 heteroatoms. The number of sulfonamides is 1. The molecule has 2 atom stereocenters. The number of piperidine rings is 1. The summed E-state index contributed by atoms with van der Waals surface area (Å²) in [4.78, 5) is 30.8. The van der Waals surface area contributed by atoms with Crippen LogP contribution in [-0.2, 0) is 30.8 Å². The number of carbonyl (C=O) groups excluding carboxylic acids is 2. The van der Waals surface area contributed by atoms with Crippen LogP contribution in [0.1, 0.15) is 57.9 Å². The summed E-state index contributed by atoms with van der Waals surface area (Å²) in [5, 5.41) is 3.26. The number of nitrogens with one attached hydrogen (secondary N) is 2. The van der Waals surface area contributed by atoms with Gasteiger partial charge in [0.2, 0.25) is 15.9 Å². The van der Waals surface area contributed by atoms with Crippen LogP contribution in [-0.4, -0.2) is 70.0 Å². The van der Waals surface area contributed by atoms with Crippen molar-refractivity contribution in [3.63, 3.8) is 0 Å². The highest BCUT2D eigenvalue weighted by Crippen LogP contribution is 2.31. The molecule has 1 saturated heterocycles. The molecule has 11 nitrogen and oxygen atoms in total. The van der Waals surface area contributed by atoms with Gasteiger partial charge in [-0.25, -0.2) is 8.42 Å². The zero-order valence-corrected chi connectivity index (χ0v) is 23.3. The number of benzene rings is 1. The highest BCUT2D eigenvalue weighted by Gasteiger charge is 2.33. The third-order valence-corrected chi connectivity index (χ3v) is 8.66. The van der Waals surface area contributed by atoms with Crippen LogP contribution in [0, 0.1) is 11.8 Å². The molecule has 2 aliphatic heterocycles. The topological polar surface area (TPSA) is 169 Å². The van der Waals surface area contributed by atoms with Crippen molar-refractivity contribution < 1.29 is 22.7 Å². The molecule has 1 fully saturated rings. The van der Waals surface area contributed by atoms with E-state index in [1.54, 1.807) is 24.0 Å². The predicted octanol–water partition coefficient (Wildman–Crippen LogP) is 1.57. The average Bonchev–Trinajstić information content (AvgIpc) is 2.89. The molecule has 0 saturated carbocycles. The van der Waals surface area contributed by atoms with Crippen molar-refractivity contribution in [3.05, 3.63) is 23.8 Å². The quantitative estimate of drug-likeness (QED) is 0.132. The average molecular weight is 551 g/mol. The molecule has 0 spiro atoms. The molecule has 0 aromatic heterocycles. The molecule has 1 unspecified atom stereocenters. The van der Waals surface area contributed by atoms with E-state index in [9.17, 15) is 18.0 Å². The number of guanidine groups is 1. The number of carbonyl (C=O) groups is 2. The third kappa shape index (κ3) is 8.32. The van der Waals surface area contributed by atoms with Crippen molar-refractivity contribution in [1.82, 2.24) is 9.62 Å². The van der Waals surface area contributed by atoms with E-state index in [4.69, 9.17) is 16.2 Å². The van der Waals surface area contributed by atoms with E-state index < -0.39 is 16.1 Å². The first-order valence-corrected chi connectivity index (χ1v) is 15.0. The fraction of sp³-hybridized carbons (Fsp3) is 0.654. The monoisotopic (exact) mass is 550 g/mol. The van der Waals surface area contributed by atoms with E-state index in [0.29, 0.717) is 63.2 Å². The molecule has 212 valence electrons. The van der Waals surface area contributed by atoms with Crippen molar-refractivity contribution >= 4 is 33.5 Å². The van der Waals surface area contributed by atoms with Gasteiger partial charge in [-0.15, -0.1) is 0 Å². The number of nitrogens with zero attached hydrogens (tertiary/aromatic N) is 2. The minimum absolute atomic E-state index is 0.0450. The molecule has 38 heavy (non-hydrogen) atoms. The number of rotatable bonds is 12. The number of ether oxygens (including phenoxy) is 1. The van der Waals surface area contributed by atoms with Crippen molar-refractivity contribution in [2.24, 2.45) is 28.3 Å². The third-order valence-electron chi connectivity index (χ3n) is 7.14. The molecule has 1 amide bonds. The maximum atomic E-state index is 13.5. The number of aliphatic imine (C=N–C) groups is 1. The Labute approximate surface area is 225 Å². The minimum Gasteiger partial charge on any atom is -0.466 e. The van der Waals surface area contributed by atoms with E-state index in [2.05, 4.69) is 22.0 Å². The lowest BCUT2D eigenvalue weighted by molar-refractivity contribution is -0.143. The molecule has 0 aliphatic carbocycles. The first-order valence-electron chi connectivity index (χ1n) is 13.5. The van der Waals surface area contributed by atoms with Gasteiger partial charge >= 0.3 is 5.97 Å². The Balaban J connectivity index is 1.69. The van der Waals surface area contributed by atoms with E-state index in [-0.39, 0.29) is 29.2 Å². The zero-order chi connectivity index (χ0) is 27.7. The maximum Gasteiger partial charge on any atom is 0.305 e. The second-order valence-corrected chi connectivity index (χ2v) is 11.9. The Hall–Kier alpha value is -2.86. The van der Waals surface area contributed by atoms with Gasteiger partial charge in [-0.3, -0.25) is 14.6 Å². The van der Waals surface area contributed by atoms with Crippen LogP contribution in [0.2, 0.25) is 0 Å². The summed E-state index contributed by atoms with van der Waals surface area (Å²) in [5.41, 5.74) is 12.4. The number of esters is 1. The lowest BCUT2D eigenvalue weighted by atomic mass is 9.93. The molecule has 0 radical (unpaired) electrons. The molecule has 1 aromatic carbocycles. The lowest BCUT2D eigenvalue weighted by Crippen LogP contribution is -2.50. The smallest absolute Gasteiger partial charge is 0.305 e. The summed E-state index contributed by atoms with van der Waals surface area (Å²) < 4.78 is 35.0. The molecule has 3 rings (SSSR count). The summed E-state index contributed by atoms with van der Waals surface area (Å²) >= 11 is 0. The fourth-order valence-electron chi connectivity index (χ4n) is 4.99. The Bertz CT molecular complexity index is 1100. The second kappa shape index (κ2) is 13.8. The second-order valence-electron chi connectivity index (χ2n) is 10.2. The zero-order valence-electron chi connectivity index (χ0n) is 22.4. The Morgan fingerprint density at radius 3 is 2.68 bits per heavy atom. The summed E-state index contributed by atoms with van der Waals surface area (Å²) in [6, 6.07) is 4.31. The Morgan fingerprint density at radius 1 is 1.26 bits per heavy atom. The van der Waals surface area contributed by atoms with Crippen LogP contribution in [0.3, 0.4) is 0 Å². The number of para-hydroxylation sites is 1. The molecular formula is C26H42N6O5S. The summed E-state index contributed by atoms with van der Waals surface area (Å²) in [5.74, 6) is 0.250. The fourth-order valence-corrected chi connectivity index (χ4v) is 6.44. The standard InChI is InChI=1S/C26H42N6O5S/c1-3-23(33)37-15-11-19-9-13-32(14-10-19)25(34)21(7-5-12-29-26(27)28)31-38(35,36)22-8-4-6-20-16-18(2)17-30-24(20)22/h4,6,8,18-19,21,30-31H,3,5,7,9-17H2,1-2H3,(H4,27,28,29)/t18?,21-/m0/s1. The minimum atomic E-state index is -3.98. The Morgan fingerprint density at radius 2 is 2.00 bits per heavy atom. The summed E-state index contributed by atoms with van der Waals surface area (Å²) in [6.45, 7) is 6.29. The van der Waals surface area contributed by atoms with E-state index in [0.717, 1.165) is 31.2 Å². The molecule has 1 aromatic rings. The molecule has 0 bridgehead atoms. The molecule has 2 heterocycles. The number of likely N-dealkylation sites (tertiary alicyclic amines) is 1. The number of amides is 1. The highest BCUT2D eigenvalue weighted by atomic mass is 32.2. The van der Waals surface area contributed by atoms with Crippen molar-refractivity contribution in [2.45, 2.75) is 69.7 Å². The van der Waals surface area contributed by atoms with Crippen molar-refractivity contribution in [1.29, 1.82) is 0 Å². The molecule has 2 aliphatic rings. The van der Waals surface area contributed by atoms with Crippen molar-refractivity contribution in [3.8, 4) is 0 Å². The molecule has 6 N–H and O–H groups in total. The van der Waals surface area contributed by atoms with Gasteiger partial charge in [-0.2, -0.15) is 4.72 Å². The number of nitrogens with two attached hydrogens (primary N) is 2. The normalized spacial score (nSPS) is 18.7. The Kier molecular flexibility index (Phi) is 10.8. The predicted molar refractivity (Wildman–Crippen MR) is 147 cm³/mol. The van der Waals surface area contributed by atoms with Gasteiger partial charge in [0.15, 0.2) is 5.96 Å². The largest absolute Gasteiger partial charge is 0.466 e. The van der Waals surface area contributed by atoms with Gasteiger partial charge < -0.3 is 26.4 Å². The van der Waals surface area contributed by atoms with Crippen molar-refractivity contribution in [2.75, 3.05) is 38.1 Å². The molecular weight excluding hydrogens is 508 g/mol. The van der Waals surface area contributed by atoms with Gasteiger partial charge in [-0.1, -0.05) is 26.0 Å². The first-order chi connectivity index (χ1) is 18.1. The van der Waals surface area contributed by atoms with Crippen LogP contribution in [0.15, 0.2) is 28.1 Å². The first kappa shape index (κ1) is 29.7. The summed E-state index contributed by atoms with van der Waals surface area (Å²) in [7, 11) is -3.98. The van der Waals surface area contributed by atoms with Gasteiger partial charge in [0, 0.05) is 32.6 Å². The number of anilines is 1. The van der Waals surface area contributed by atoms with Gasteiger partial charge in [0.25, 0.3) is 0 Å². The van der Waals surface area contributed by atoms with Crippen LogP contribution >= 0.6 is 0 Å². The maximum absolute atomic E-state index is 13.5. The van der Waals surface area contributed by atoms with Crippen LogP contribution in [0.4, 0.5) is 5.69 Å². The SMILES string of the molecule is CCC(=O)OCCC1CCN(C(=O)[C@H](CCCN=C(N)N)NS(=O)(=O)c2cccc3c2NCC(C)C3)CC1. The van der Waals surface area contributed by atoms with Gasteiger partial charge in [0.05, 0.1) is 12.3 Å². The number of hydrogen-bond donors (Lipinski definition) is 4. The number of fused-ring (bicyclic) bond motifs is 1. The summed E-state index contributed by atoms with van der Waals surface area (Å²) in [6.07, 6.45) is 4.16. The van der Waals surface area contributed by atoms with Crippen LogP contribution in [0.5, 0.6) is 0 Å². The van der Waals surface area contributed by atoms with E-state index in [1.165, 1.54) is 0 Å². The van der Waals surface area contributed by atoms with E-state index in [1.807, 2.05) is 6.07 Å². The lowest BCUT2D eigenvalue weighted by Gasteiger charge is -2.34. The van der Waals surface area contributed by atoms with E-state index >= 15 is 0 Å². The van der Waals surface area contributed by atoms with Crippen LogP contribution < -0.4 is 21.5 Å². The number of hydrogen-bond acceptors (Lipinski definition) is 7.